The zero-order chi connectivity index (χ0) is 13.4. The summed E-state index contributed by atoms with van der Waals surface area (Å²) in [6.07, 6.45) is 6.68. The molecule has 0 aliphatic heterocycles. The van der Waals surface area contributed by atoms with E-state index in [9.17, 15) is 0 Å². The fourth-order valence-corrected chi connectivity index (χ4v) is 4.10. The van der Waals surface area contributed by atoms with Gasteiger partial charge in [0, 0.05) is 12.5 Å². The van der Waals surface area contributed by atoms with Crippen LogP contribution in [0.2, 0.25) is 0 Å². The van der Waals surface area contributed by atoms with Gasteiger partial charge in [0.05, 0.1) is 9.26 Å². The highest BCUT2D eigenvalue weighted by Crippen LogP contribution is 2.52. The van der Waals surface area contributed by atoms with Crippen molar-refractivity contribution in [3.8, 4) is 0 Å². The lowest BCUT2D eigenvalue weighted by atomic mass is 9.88. The monoisotopic (exact) mass is 371 g/mol. The highest BCUT2D eigenvalue weighted by Gasteiger charge is 2.41. The normalized spacial score (nSPS) is 28.9. The largest absolute Gasteiger partial charge is 0.369 e. The van der Waals surface area contributed by atoms with Gasteiger partial charge < -0.3 is 5.32 Å². The number of fused-ring (bicyclic) bond motifs is 2. The number of halogens is 1. The van der Waals surface area contributed by atoms with Crippen LogP contribution in [-0.2, 0) is 0 Å². The molecule has 104 valence electrons. The number of aromatic nitrogens is 2. The first kappa shape index (κ1) is 13.6. The van der Waals surface area contributed by atoms with Crippen molar-refractivity contribution in [2.75, 3.05) is 11.9 Å². The highest BCUT2D eigenvalue weighted by atomic mass is 127. The molecule has 0 aromatic carbocycles. The molecule has 19 heavy (non-hydrogen) atoms. The molecule has 0 radical (unpaired) electrons. The first-order valence-electron chi connectivity index (χ1n) is 7.47. The Labute approximate surface area is 129 Å². The zero-order valence-corrected chi connectivity index (χ0v) is 13.9. The van der Waals surface area contributed by atoms with Crippen LogP contribution >= 0.6 is 22.6 Å². The lowest BCUT2D eigenvalue weighted by Crippen LogP contribution is -2.15. The molecule has 2 saturated carbocycles. The molecule has 1 aromatic heterocycles. The van der Waals surface area contributed by atoms with Crippen LogP contribution in [0.25, 0.3) is 0 Å². The lowest BCUT2D eigenvalue weighted by Gasteiger charge is -2.21. The number of anilines is 1. The Hall–Kier alpha value is -0.390. The van der Waals surface area contributed by atoms with Gasteiger partial charge in [0.25, 0.3) is 0 Å². The molecule has 3 unspecified atom stereocenters. The summed E-state index contributed by atoms with van der Waals surface area (Å²) < 4.78 is 1.18. The topological polar surface area (TPSA) is 37.8 Å². The van der Waals surface area contributed by atoms with E-state index in [0.717, 1.165) is 42.1 Å². The second-order valence-corrected chi connectivity index (χ2v) is 7.12. The van der Waals surface area contributed by atoms with Crippen molar-refractivity contribution in [1.29, 1.82) is 0 Å². The SMILES string of the molecule is CCCNc1nc(C2CC3CCC2C3)nc(C)c1I. The minimum absolute atomic E-state index is 0.622. The number of hydrogen-bond donors (Lipinski definition) is 1. The maximum atomic E-state index is 4.84. The van der Waals surface area contributed by atoms with Crippen LogP contribution < -0.4 is 5.32 Å². The molecule has 3 rings (SSSR count). The summed E-state index contributed by atoms with van der Waals surface area (Å²) in [6, 6.07) is 0. The number of nitrogens with zero attached hydrogens (tertiary/aromatic N) is 2. The molecule has 1 heterocycles. The van der Waals surface area contributed by atoms with Crippen molar-refractivity contribution < 1.29 is 0 Å². The Morgan fingerprint density at radius 3 is 2.74 bits per heavy atom. The van der Waals surface area contributed by atoms with E-state index in [1.165, 1.54) is 29.3 Å². The average Bonchev–Trinajstić information content (AvgIpc) is 3.02. The Morgan fingerprint density at radius 2 is 2.11 bits per heavy atom. The lowest BCUT2D eigenvalue weighted by molar-refractivity contribution is 0.405. The molecule has 2 fully saturated rings. The van der Waals surface area contributed by atoms with Gasteiger partial charge in [-0.1, -0.05) is 13.3 Å². The minimum Gasteiger partial charge on any atom is -0.369 e. The summed E-state index contributed by atoms with van der Waals surface area (Å²) in [5.41, 5.74) is 1.13. The summed E-state index contributed by atoms with van der Waals surface area (Å²) in [5.74, 6) is 4.57. The van der Waals surface area contributed by atoms with Gasteiger partial charge in [-0.3, -0.25) is 0 Å². The van der Waals surface area contributed by atoms with E-state index in [4.69, 9.17) is 9.97 Å². The van der Waals surface area contributed by atoms with Crippen molar-refractivity contribution in [3.63, 3.8) is 0 Å². The molecule has 3 nitrogen and oxygen atoms in total. The molecule has 0 saturated heterocycles. The van der Waals surface area contributed by atoms with Crippen LogP contribution in [0, 0.1) is 22.3 Å². The van der Waals surface area contributed by atoms with Gasteiger partial charge in [0.2, 0.25) is 0 Å². The molecule has 2 aliphatic carbocycles. The quantitative estimate of drug-likeness (QED) is 0.810. The maximum absolute atomic E-state index is 4.84. The fraction of sp³-hybridized carbons (Fsp3) is 0.733. The number of rotatable bonds is 4. The van der Waals surface area contributed by atoms with Gasteiger partial charge in [-0.05, 0) is 67.0 Å². The highest BCUT2D eigenvalue weighted by molar-refractivity contribution is 14.1. The first-order chi connectivity index (χ1) is 9.19. The minimum atomic E-state index is 0.622. The predicted octanol–water partition coefficient (Wildman–Crippen LogP) is 4.12. The summed E-state index contributed by atoms with van der Waals surface area (Å²) >= 11 is 2.36. The molecule has 1 aromatic rings. The molecule has 4 heteroatoms. The van der Waals surface area contributed by atoms with Gasteiger partial charge in [0.15, 0.2) is 0 Å². The Morgan fingerprint density at radius 1 is 1.26 bits per heavy atom. The average molecular weight is 371 g/mol. The number of hydrogen-bond acceptors (Lipinski definition) is 3. The van der Waals surface area contributed by atoms with Gasteiger partial charge in [-0.15, -0.1) is 0 Å². The van der Waals surface area contributed by atoms with E-state index in [0.29, 0.717) is 5.92 Å². The second-order valence-electron chi connectivity index (χ2n) is 6.04. The van der Waals surface area contributed by atoms with Gasteiger partial charge in [0.1, 0.15) is 11.6 Å². The number of nitrogens with one attached hydrogen (secondary N) is 1. The first-order valence-corrected chi connectivity index (χ1v) is 8.54. The van der Waals surface area contributed by atoms with Crippen LogP contribution in [0.1, 0.15) is 56.5 Å². The summed E-state index contributed by atoms with van der Waals surface area (Å²) in [7, 11) is 0. The third-order valence-electron chi connectivity index (χ3n) is 4.65. The molecular weight excluding hydrogens is 349 g/mol. The van der Waals surface area contributed by atoms with E-state index in [-0.39, 0.29) is 0 Å². The third kappa shape index (κ3) is 2.60. The van der Waals surface area contributed by atoms with Gasteiger partial charge in [-0.2, -0.15) is 0 Å². The molecule has 0 spiro atoms. The molecule has 1 N–H and O–H groups in total. The predicted molar refractivity (Wildman–Crippen MR) is 86.5 cm³/mol. The number of aryl methyl sites for hydroxylation is 1. The summed E-state index contributed by atoms with van der Waals surface area (Å²) in [4.78, 5) is 9.63. The Kier molecular flexibility index (Phi) is 3.96. The smallest absolute Gasteiger partial charge is 0.143 e. The van der Waals surface area contributed by atoms with Crippen LogP contribution in [0.5, 0.6) is 0 Å². The van der Waals surface area contributed by atoms with E-state index < -0.39 is 0 Å². The van der Waals surface area contributed by atoms with Crippen LogP contribution in [0.3, 0.4) is 0 Å². The Bertz CT molecular complexity index is 475. The van der Waals surface area contributed by atoms with Crippen molar-refractivity contribution in [2.45, 2.75) is 51.9 Å². The van der Waals surface area contributed by atoms with Crippen LogP contribution in [0.4, 0.5) is 5.82 Å². The van der Waals surface area contributed by atoms with E-state index in [2.05, 4.69) is 41.8 Å². The van der Waals surface area contributed by atoms with Crippen molar-refractivity contribution in [2.24, 2.45) is 11.8 Å². The summed E-state index contributed by atoms with van der Waals surface area (Å²) in [6.45, 7) is 5.28. The standard InChI is InChI=1S/C15H22IN3/c1-3-6-17-15-13(16)9(2)18-14(19-15)12-8-10-4-5-11(12)7-10/h10-12H,3-8H2,1-2H3,(H,17,18,19). The molecule has 0 amide bonds. The second kappa shape index (κ2) is 5.54. The molecule has 2 bridgehead atoms. The van der Waals surface area contributed by atoms with Crippen molar-refractivity contribution in [1.82, 2.24) is 9.97 Å². The van der Waals surface area contributed by atoms with Crippen molar-refractivity contribution in [3.05, 3.63) is 15.1 Å². The maximum Gasteiger partial charge on any atom is 0.143 e. The van der Waals surface area contributed by atoms with E-state index in [1.807, 2.05) is 0 Å². The zero-order valence-electron chi connectivity index (χ0n) is 11.7. The molecular formula is C15H22IN3. The fourth-order valence-electron chi connectivity index (χ4n) is 3.67. The Balaban J connectivity index is 1.87. The summed E-state index contributed by atoms with van der Waals surface area (Å²) in [5, 5.41) is 3.45. The van der Waals surface area contributed by atoms with Crippen molar-refractivity contribution >= 4 is 28.4 Å². The van der Waals surface area contributed by atoms with Crippen LogP contribution in [0.15, 0.2) is 0 Å². The van der Waals surface area contributed by atoms with Gasteiger partial charge >= 0.3 is 0 Å². The molecule has 3 atom stereocenters. The third-order valence-corrected chi connectivity index (χ3v) is 5.94. The van der Waals surface area contributed by atoms with Crippen LogP contribution in [-0.4, -0.2) is 16.5 Å². The van der Waals surface area contributed by atoms with Gasteiger partial charge in [-0.25, -0.2) is 9.97 Å². The molecule has 2 aliphatic rings. The van der Waals surface area contributed by atoms with E-state index >= 15 is 0 Å². The van der Waals surface area contributed by atoms with E-state index in [1.54, 1.807) is 0 Å².